The first-order valence-corrected chi connectivity index (χ1v) is 4.21. The van der Waals surface area contributed by atoms with Crippen molar-refractivity contribution >= 4 is 15.9 Å². The molecule has 0 aliphatic heterocycles. The van der Waals surface area contributed by atoms with Crippen LogP contribution in [0.1, 0.15) is 11.1 Å². The predicted octanol–water partition coefficient (Wildman–Crippen LogP) is 2.51. The lowest BCUT2D eigenvalue weighted by Gasteiger charge is -1.96. The van der Waals surface area contributed by atoms with Gasteiger partial charge in [-0.3, -0.25) is 0 Å². The molecule has 1 aromatic carbocycles. The average molecular weight is 200 g/mol. The minimum absolute atomic E-state index is 0.124. The van der Waals surface area contributed by atoms with Crippen LogP contribution in [0.3, 0.4) is 0 Å². The van der Waals surface area contributed by atoms with Crippen molar-refractivity contribution in [2.45, 2.75) is 11.9 Å². The van der Waals surface area contributed by atoms with E-state index in [1.165, 1.54) is 0 Å². The zero-order valence-electron chi connectivity index (χ0n) is 5.51. The van der Waals surface area contributed by atoms with E-state index in [-0.39, 0.29) is 6.61 Å². The fourth-order valence-electron chi connectivity index (χ4n) is 0.803. The van der Waals surface area contributed by atoms with Crippen LogP contribution < -0.4 is 0 Å². The Hall–Kier alpha value is -0.340. The lowest BCUT2D eigenvalue weighted by Crippen LogP contribution is -1.83. The van der Waals surface area contributed by atoms with Gasteiger partial charge in [0.15, 0.2) is 0 Å². The van der Waals surface area contributed by atoms with Gasteiger partial charge in [0.1, 0.15) is 6.61 Å². The van der Waals surface area contributed by atoms with Crippen LogP contribution in [0.5, 0.6) is 0 Å². The molecule has 0 unspecified atom stereocenters. The fraction of sp³-hybridized carbons (Fsp3) is 0.250. The molecule has 0 heterocycles. The molecule has 2 heteroatoms. The van der Waals surface area contributed by atoms with Gasteiger partial charge in [0.05, 0.1) is 0 Å². The zero-order chi connectivity index (χ0) is 7.40. The Kier molecular flexibility index (Phi) is 2.90. The molecular formula is C8H8BrO. The van der Waals surface area contributed by atoms with Gasteiger partial charge in [0, 0.05) is 5.33 Å². The minimum Gasteiger partial charge on any atom is -0.232 e. The van der Waals surface area contributed by atoms with Crippen LogP contribution in [0.15, 0.2) is 24.3 Å². The highest BCUT2D eigenvalue weighted by Crippen LogP contribution is 2.08. The first-order chi connectivity index (χ1) is 4.86. The number of rotatable bonds is 2. The van der Waals surface area contributed by atoms with Crippen LogP contribution in [-0.4, -0.2) is 0 Å². The molecule has 0 amide bonds. The topological polar surface area (TPSA) is 19.9 Å². The minimum atomic E-state index is -0.124. The van der Waals surface area contributed by atoms with Gasteiger partial charge in [-0.05, 0) is 11.1 Å². The highest BCUT2D eigenvalue weighted by molar-refractivity contribution is 9.08. The standard InChI is InChI=1S/C8H8BrO/c9-5-7-2-1-3-8(4-7)6-10/h1-4H,5-6H2. The molecule has 0 atom stereocenters. The maximum absolute atomic E-state index is 10.4. The third kappa shape index (κ3) is 1.82. The highest BCUT2D eigenvalue weighted by Gasteiger charge is 1.91. The molecule has 10 heavy (non-hydrogen) atoms. The van der Waals surface area contributed by atoms with Gasteiger partial charge >= 0.3 is 0 Å². The van der Waals surface area contributed by atoms with E-state index in [0.29, 0.717) is 0 Å². The van der Waals surface area contributed by atoms with E-state index in [4.69, 9.17) is 0 Å². The van der Waals surface area contributed by atoms with Gasteiger partial charge in [0.25, 0.3) is 0 Å². The number of halogens is 1. The third-order valence-electron chi connectivity index (χ3n) is 1.31. The van der Waals surface area contributed by atoms with Gasteiger partial charge in [-0.2, -0.15) is 0 Å². The maximum Gasteiger partial charge on any atom is 0.107 e. The molecular weight excluding hydrogens is 192 g/mol. The molecule has 0 bridgehead atoms. The molecule has 0 fully saturated rings. The van der Waals surface area contributed by atoms with Gasteiger partial charge < -0.3 is 0 Å². The Bertz CT molecular complexity index is 191. The SMILES string of the molecule is [O]Cc1cccc(CBr)c1. The molecule has 0 aliphatic rings. The van der Waals surface area contributed by atoms with E-state index in [9.17, 15) is 5.11 Å². The van der Waals surface area contributed by atoms with Crippen molar-refractivity contribution < 1.29 is 5.11 Å². The fourth-order valence-corrected chi connectivity index (χ4v) is 1.15. The summed E-state index contributed by atoms with van der Waals surface area (Å²) in [5.41, 5.74) is 2.02. The predicted molar refractivity (Wildman–Crippen MR) is 43.5 cm³/mol. The van der Waals surface area contributed by atoms with Gasteiger partial charge in [-0.15, -0.1) is 0 Å². The molecule has 1 rings (SSSR count). The summed E-state index contributed by atoms with van der Waals surface area (Å²) in [5, 5.41) is 11.2. The van der Waals surface area contributed by atoms with E-state index < -0.39 is 0 Å². The number of benzene rings is 1. The second-order valence-electron chi connectivity index (χ2n) is 2.10. The van der Waals surface area contributed by atoms with Crippen molar-refractivity contribution in [3.63, 3.8) is 0 Å². The van der Waals surface area contributed by atoms with Crippen molar-refractivity contribution in [3.8, 4) is 0 Å². The molecule has 0 saturated carbocycles. The van der Waals surface area contributed by atoms with Gasteiger partial charge in [0.2, 0.25) is 0 Å². The Balaban J connectivity index is 2.87. The van der Waals surface area contributed by atoms with Crippen LogP contribution in [-0.2, 0) is 17.0 Å². The Morgan fingerprint density at radius 1 is 1.30 bits per heavy atom. The molecule has 53 valence electrons. The number of hydrogen-bond acceptors (Lipinski definition) is 0. The van der Waals surface area contributed by atoms with Crippen LogP contribution in [0.2, 0.25) is 0 Å². The van der Waals surface area contributed by atoms with Crippen LogP contribution in [0.4, 0.5) is 0 Å². The lowest BCUT2D eigenvalue weighted by atomic mass is 10.1. The first kappa shape index (κ1) is 7.76. The second-order valence-corrected chi connectivity index (χ2v) is 2.66. The summed E-state index contributed by atoms with van der Waals surface area (Å²) < 4.78 is 0. The van der Waals surface area contributed by atoms with Crippen molar-refractivity contribution in [3.05, 3.63) is 35.4 Å². The third-order valence-corrected chi connectivity index (χ3v) is 1.96. The van der Waals surface area contributed by atoms with E-state index in [1.54, 1.807) is 0 Å². The molecule has 1 nitrogen and oxygen atoms in total. The van der Waals surface area contributed by atoms with Crippen LogP contribution in [0.25, 0.3) is 0 Å². The van der Waals surface area contributed by atoms with E-state index >= 15 is 0 Å². The number of alkyl halides is 1. The van der Waals surface area contributed by atoms with Crippen LogP contribution in [0, 0.1) is 0 Å². The van der Waals surface area contributed by atoms with E-state index in [0.717, 1.165) is 16.5 Å². The summed E-state index contributed by atoms with van der Waals surface area (Å²) in [5.74, 6) is 0. The quantitative estimate of drug-likeness (QED) is 0.653. The summed E-state index contributed by atoms with van der Waals surface area (Å²) in [4.78, 5) is 0. The summed E-state index contributed by atoms with van der Waals surface area (Å²) in [6.45, 7) is -0.124. The molecule has 1 aromatic rings. The lowest BCUT2D eigenvalue weighted by molar-refractivity contribution is 0.177. The van der Waals surface area contributed by atoms with E-state index in [1.807, 2.05) is 24.3 Å². The average Bonchev–Trinajstić information content (AvgIpc) is 2.05. The Labute approximate surface area is 68.8 Å². The molecule has 0 spiro atoms. The second kappa shape index (κ2) is 3.74. The Morgan fingerprint density at radius 3 is 2.60 bits per heavy atom. The summed E-state index contributed by atoms with van der Waals surface area (Å²) >= 11 is 3.32. The number of hydrogen-bond donors (Lipinski definition) is 0. The smallest absolute Gasteiger partial charge is 0.107 e. The summed E-state index contributed by atoms with van der Waals surface area (Å²) in [6.07, 6.45) is 0. The van der Waals surface area contributed by atoms with Crippen molar-refractivity contribution in [1.82, 2.24) is 0 Å². The summed E-state index contributed by atoms with van der Waals surface area (Å²) in [7, 11) is 0. The summed E-state index contributed by atoms with van der Waals surface area (Å²) in [6, 6.07) is 7.67. The monoisotopic (exact) mass is 199 g/mol. The largest absolute Gasteiger partial charge is 0.232 e. The van der Waals surface area contributed by atoms with Gasteiger partial charge in [-0.1, -0.05) is 40.2 Å². The molecule has 0 aliphatic carbocycles. The maximum atomic E-state index is 10.4. The van der Waals surface area contributed by atoms with Crippen molar-refractivity contribution in [2.75, 3.05) is 0 Å². The van der Waals surface area contributed by atoms with Gasteiger partial charge in [-0.25, -0.2) is 5.11 Å². The molecule has 0 aromatic heterocycles. The molecule has 0 saturated heterocycles. The van der Waals surface area contributed by atoms with Crippen molar-refractivity contribution in [2.24, 2.45) is 0 Å². The normalized spacial score (nSPS) is 9.80. The van der Waals surface area contributed by atoms with Crippen LogP contribution >= 0.6 is 15.9 Å². The highest BCUT2D eigenvalue weighted by atomic mass is 79.9. The Morgan fingerprint density at radius 2 is 2.00 bits per heavy atom. The molecule has 1 radical (unpaired) electrons. The van der Waals surface area contributed by atoms with Crippen molar-refractivity contribution in [1.29, 1.82) is 0 Å². The first-order valence-electron chi connectivity index (χ1n) is 3.08. The molecule has 0 N–H and O–H groups in total. The zero-order valence-corrected chi connectivity index (χ0v) is 7.10. The van der Waals surface area contributed by atoms with E-state index in [2.05, 4.69) is 15.9 Å².